The topological polar surface area (TPSA) is 55.1 Å². The Morgan fingerprint density at radius 1 is 1.59 bits per heavy atom. The highest BCUT2D eigenvalue weighted by molar-refractivity contribution is 9.10. The lowest BCUT2D eigenvalue weighted by atomic mass is 10.1. The lowest BCUT2D eigenvalue weighted by Gasteiger charge is -2.12. The van der Waals surface area contributed by atoms with Crippen LogP contribution in [0.2, 0.25) is 0 Å². The molecule has 5 heteroatoms. The molecule has 0 heterocycles. The van der Waals surface area contributed by atoms with Gasteiger partial charge in [-0.15, -0.1) is 0 Å². The summed E-state index contributed by atoms with van der Waals surface area (Å²) in [4.78, 5) is 11.8. The van der Waals surface area contributed by atoms with E-state index in [1.165, 1.54) is 12.1 Å². The summed E-state index contributed by atoms with van der Waals surface area (Å²) in [6.45, 7) is 0.437. The summed E-state index contributed by atoms with van der Waals surface area (Å²) in [7, 11) is 0. The smallest absolute Gasteiger partial charge is 0.252 e. The van der Waals surface area contributed by atoms with Gasteiger partial charge in [-0.3, -0.25) is 4.79 Å². The highest BCUT2D eigenvalue weighted by Crippen LogP contribution is 2.31. The standard InChI is InChI=1S/C12H14BrFN2O/c13-11-8(2-1-3-9(11)14)12(17)16-6-10(15)7-4-5-7/h1-3,7,10H,4-6,15H2,(H,16,17). The second-order valence-electron chi connectivity index (χ2n) is 4.31. The third-order valence-electron chi connectivity index (χ3n) is 2.92. The second kappa shape index (κ2) is 5.14. The van der Waals surface area contributed by atoms with E-state index >= 15 is 0 Å². The van der Waals surface area contributed by atoms with Gasteiger partial charge < -0.3 is 11.1 Å². The molecule has 0 spiro atoms. The van der Waals surface area contributed by atoms with Gasteiger partial charge in [0.05, 0.1) is 10.0 Å². The largest absolute Gasteiger partial charge is 0.350 e. The van der Waals surface area contributed by atoms with E-state index in [1.807, 2.05) is 0 Å². The Hall–Kier alpha value is -0.940. The molecule has 0 aromatic heterocycles. The van der Waals surface area contributed by atoms with E-state index in [0.29, 0.717) is 18.0 Å². The molecule has 1 aromatic carbocycles. The first-order valence-electron chi connectivity index (χ1n) is 5.57. The molecule has 2 rings (SSSR count). The van der Waals surface area contributed by atoms with Crippen molar-refractivity contribution in [3.63, 3.8) is 0 Å². The van der Waals surface area contributed by atoms with Crippen LogP contribution in [-0.4, -0.2) is 18.5 Å². The number of carbonyl (C=O) groups is 1. The van der Waals surface area contributed by atoms with Crippen LogP contribution >= 0.6 is 15.9 Å². The summed E-state index contributed by atoms with van der Waals surface area (Å²) in [6.07, 6.45) is 2.28. The summed E-state index contributed by atoms with van der Waals surface area (Å²) >= 11 is 3.06. The van der Waals surface area contributed by atoms with E-state index in [2.05, 4.69) is 21.2 Å². The molecule has 3 N–H and O–H groups in total. The summed E-state index contributed by atoms with van der Waals surface area (Å²) < 4.78 is 13.4. The second-order valence-corrected chi connectivity index (χ2v) is 5.11. The Bertz CT molecular complexity index is 435. The first-order valence-corrected chi connectivity index (χ1v) is 6.36. The van der Waals surface area contributed by atoms with Crippen molar-refractivity contribution >= 4 is 21.8 Å². The van der Waals surface area contributed by atoms with Crippen LogP contribution in [0.5, 0.6) is 0 Å². The molecule has 17 heavy (non-hydrogen) atoms. The van der Waals surface area contributed by atoms with Crippen molar-refractivity contribution in [2.75, 3.05) is 6.54 Å². The molecule has 1 fully saturated rings. The zero-order chi connectivity index (χ0) is 12.4. The third kappa shape index (κ3) is 3.04. The number of carbonyl (C=O) groups excluding carboxylic acids is 1. The molecule has 0 aliphatic heterocycles. The monoisotopic (exact) mass is 300 g/mol. The van der Waals surface area contributed by atoms with Crippen LogP contribution in [0.15, 0.2) is 22.7 Å². The van der Waals surface area contributed by atoms with E-state index in [9.17, 15) is 9.18 Å². The summed E-state index contributed by atoms with van der Waals surface area (Å²) in [5.74, 6) is -0.206. The third-order valence-corrected chi connectivity index (χ3v) is 3.73. The lowest BCUT2D eigenvalue weighted by molar-refractivity contribution is 0.0949. The van der Waals surface area contributed by atoms with Crippen molar-refractivity contribution in [2.24, 2.45) is 11.7 Å². The average molecular weight is 301 g/mol. The van der Waals surface area contributed by atoms with E-state index in [4.69, 9.17) is 5.73 Å². The summed E-state index contributed by atoms with van der Waals surface area (Å²) in [5.41, 5.74) is 6.17. The van der Waals surface area contributed by atoms with Gasteiger partial charge in [0, 0.05) is 12.6 Å². The fourth-order valence-electron chi connectivity index (χ4n) is 1.68. The number of halogens is 2. The van der Waals surface area contributed by atoms with Gasteiger partial charge in [0.25, 0.3) is 5.91 Å². The molecule has 92 valence electrons. The zero-order valence-corrected chi connectivity index (χ0v) is 10.8. The average Bonchev–Trinajstić information content (AvgIpc) is 3.13. The molecule has 0 radical (unpaired) electrons. The summed E-state index contributed by atoms with van der Waals surface area (Å²) in [6, 6.07) is 4.39. The Morgan fingerprint density at radius 2 is 2.29 bits per heavy atom. The lowest BCUT2D eigenvalue weighted by Crippen LogP contribution is -2.38. The van der Waals surface area contributed by atoms with E-state index < -0.39 is 5.82 Å². The number of hydrogen-bond acceptors (Lipinski definition) is 2. The highest BCUT2D eigenvalue weighted by Gasteiger charge is 2.28. The first-order chi connectivity index (χ1) is 8.09. The Kier molecular flexibility index (Phi) is 3.79. The predicted molar refractivity (Wildman–Crippen MR) is 67.1 cm³/mol. The fourth-order valence-corrected chi connectivity index (χ4v) is 2.12. The minimum Gasteiger partial charge on any atom is -0.350 e. The van der Waals surface area contributed by atoms with Crippen molar-refractivity contribution in [3.8, 4) is 0 Å². The molecule has 1 aromatic rings. The number of benzene rings is 1. The van der Waals surface area contributed by atoms with Crippen LogP contribution in [0, 0.1) is 11.7 Å². The van der Waals surface area contributed by atoms with E-state index in [-0.39, 0.29) is 16.4 Å². The molecule has 1 unspecified atom stereocenters. The Morgan fingerprint density at radius 3 is 2.94 bits per heavy atom. The molecule has 1 saturated carbocycles. The quantitative estimate of drug-likeness (QED) is 0.894. The minimum atomic E-state index is -0.441. The molecular weight excluding hydrogens is 287 g/mol. The minimum absolute atomic E-state index is 0.00582. The van der Waals surface area contributed by atoms with E-state index in [1.54, 1.807) is 6.07 Å². The van der Waals surface area contributed by atoms with Crippen LogP contribution in [0.4, 0.5) is 4.39 Å². The highest BCUT2D eigenvalue weighted by atomic mass is 79.9. The normalized spacial score (nSPS) is 16.6. The van der Waals surface area contributed by atoms with Crippen molar-refractivity contribution in [1.82, 2.24) is 5.32 Å². The van der Waals surface area contributed by atoms with Crippen molar-refractivity contribution < 1.29 is 9.18 Å². The number of nitrogens with two attached hydrogens (primary N) is 1. The van der Waals surface area contributed by atoms with Crippen molar-refractivity contribution in [3.05, 3.63) is 34.1 Å². The number of nitrogens with one attached hydrogen (secondary N) is 1. The number of amides is 1. The van der Waals surface area contributed by atoms with Gasteiger partial charge >= 0.3 is 0 Å². The van der Waals surface area contributed by atoms with Crippen LogP contribution in [-0.2, 0) is 0 Å². The van der Waals surface area contributed by atoms with Gasteiger partial charge in [-0.2, -0.15) is 0 Å². The van der Waals surface area contributed by atoms with E-state index in [0.717, 1.165) is 12.8 Å². The van der Waals surface area contributed by atoms with Gasteiger partial charge in [-0.25, -0.2) is 4.39 Å². The SMILES string of the molecule is NC(CNC(=O)c1cccc(F)c1Br)C1CC1. The van der Waals surface area contributed by atoms with Crippen LogP contribution in [0.3, 0.4) is 0 Å². The molecule has 1 aliphatic carbocycles. The van der Waals surface area contributed by atoms with Gasteiger partial charge in [0.2, 0.25) is 0 Å². The molecule has 0 saturated heterocycles. The van der Waals surface area contributed by atoms with Crippen LogP contribution in [0.1, 0.15) is 23.2 Å². The molecule has 0 bridgehead atoms. The molecule has 1 aliphatic rings. The van der Waals surface area contributed by atoms with Gasteiger partial charge in [0.1, 0.15) is 5.82 Å². The molecule has 1 amide bonds. The fraction of sp³-hybridized carbons (Fsp3) is 0.417. The maximum atomic E-state index is 13.2. The van der Waals surface area contributed by atoms with Gasteiger partial charge in [-0.1, -0.05) is 6.07 Å². The van der Waals surface area contributed by atoms with Crippen molar-refractivity contribution in [2.45, 2.75) is 18.9 Å². The van der Waals surface area contributed by atoms with Gasteiger partial charge in [-0.05, 0) is 46.8 Å². The molecule has 1 atom stereocenters. The molecular formula is C12H14BrFN2O. The summed E-state index contributed by atoms with van der Waals surface area (Å²) in [5, 5.41) is 2.73. The van der Waals surface area contributed by atoms with Crippen LogP contribution in [0.25, 0.3) is 0 Å². The predicted octanol–water partition coefficient (Wildman–Crippen LogP) is 2.06. The Balaban J connectivity index is 1.96. The molecule has 3 nitrogen and oxygen atoms in total. The van der Waals surface area contributed by atoms with Crippen molar-refractivity contribution in [1.29, 1.82) is 0 Å². The number of rotatable bonds is 4. The number of hydrogen-bond donors (Lipinski definition) is 2. The zero-order valence-electron chi connectivity index (χ0n) is 9.25. The maximum Gasteiger partial charge on any atom is 0.252 e. The maximum absolute atomic E-state index is 13.2. The first kappa shape index (κ1) is 12.5. The van der Waals surface area contributed by atoms with Crippen LogP contribution < -0.4 is 11.1 Å². The Labute approximate surface area is 108 Å². The van der Waals surface area contributed by atoms with Gasteiger partial charge in [0.15, 0.2) is 0 Å².